The maximum atomic E-state index is 11.9. The molecule has 0 aliphatic carbocycles. The van der Waals surface area contributed by atoms with Gasteiger partial charge < -0.3 is 5.32 Å². The summed E-state index contributed by atoms with van der Waals surface area (Å²) in [6.45, 7) is 3.44. The topological polar surface area (TPSA) is 12.0 Å². The molecule has 0 spiro atoms. The van der Waals surface area contributed by atoms with Crippen molar-refractivity contribution < 1.29 is 13.2 Å². The number of rotatable bonds is 6. The zero-order valence-corrected chi connectivity index (χ0v) is 11.4. The van der Waals surface area contributed by atoms with Crippen LogP contribution in [0.25, 0.3) is 0 Å². The fourth-order valence-corrected chi connectivity index (χ4v) is 2.50. The van der Waals surface area contributed by atoms with Gasteiger partial charge in [-0.1, -0.05) is 31.2 Å². The highest BCUT2D eigenvalue weighted by molar-refractivity contribution is 7.99. The summed E-state index contributed by atoms with van der Waals surface area (Å²) >= 11 is 1.66. The first-order valence-electron chi connectivity index (χ1n) is 5.82. The molecule has 0 saturated heterocycles. The van der Waals surface area contributed by atoms with Gasteiger partial charge in [-0.25, -0.2) is 0 Å². The van der Waals surface area contributed by atoms with Gasteiger partial charge >= 0.3 is 6.18 Å². The van der Waals surface area contributed by atoms with E-state index in [4.69, 9.17) is 0 Å². The van der Waals surface area contributed by atoms with E-state index < -0.39 is 12.7 Å². The average molecular weight is 277 g/mol. The smallest absolute Gasteiger partial charge is 0.308 e. The van der Waals surface area contributed by atoms with Gasteiger partial charge in [0.15, 0.2) is 0 Å². The predicted molar refractivity (Wildman–Crippen MR) is 70.9 cm³/mol. The molecular weight excluding hydrogens is 259 g/mol. The van der Waals surface area contributed by atoms with Crippen molar-refractivity contribution in [1.82, 2.24) is 5.32 Å². The maximum absolute atomic E-state index is 11.9. The summed E-state index contributed by atoms with van der Waals surface area (Å²) in [5, 5.41) is 2.59. The van der Waals surface area contributed by atoms with Crippen LogP contribution in [0.1, 0.15) is 18.1 Å². The molecule has 0 bridgehead atoms. The Labute approximate surface area is 110 Å². The number of benzene rings is 1. The number of hydrogen-bond donors (Lipinski definition) is 1. The van der Waals surface area contributed by atoms with E-state index in [1.807, 2.05) is 32.0 Å². The molecule has 1 atom stereocenters. The van der Waals surface area contributed by atoms with Gasteiger partial charge in [-0.3, -0.25) is 0 Å². The largest absolute Gasteiger partial charge is 0.401 e. The predicted octanol–water partition coefficient (Wildman–Crippen LogP) is 3.77. The summed E-state index contributed by atoms with van der Waals surface area (Å²) in [5.41, 5.74) is 2.46. The summed E-state index contributed by atoms with van der Waals surface area (Å²) in [6, 6.07) is 8.06. The third-order valence-corrected chi connectivity index (χ3v) is 3.76. The molecule has 1 aromatic carbocycles. The molecule has 0 aliphatic rings. The minimum Gasteiger partial charge on any atom is -0.308 e. The van der Waals surface area contributed by atoms with Crippen LogP contribution in [0.5, 0.6) is 0 Å². The number of aryl methyl sites for hydroxylation is 1. The lowest BCUT2D eigenvalue weighted by molar-refractivity contribution is -0.124. The molecule has 1 nitrogen and oxygen atoms in total. The van der Waals surface area contributed by atoms with Crippen LogP contribution in [0.3, 0.4) is 0 Å². The van der Waals surface area contributed by atoms with Gasteiger partial charge in [0.2, 0.25) is 0 Å². The third-order valence-electron chi connectivity index (χ3n) is 2.54. The second-order valence-corrected chi connectivity index (χ2v) is 5.72. The van der Waals surface area contributed by atoms with E-state index in [9.17, 15) is 13.2 Å². The van der Waals surface area contributed by atoms with E-state index in [-0.39, 0.29) is 5.25 Å². The Morgan fingerprint density at radius 2 is 1.94 bits per heavy atom. The summed E-state index contributed by atoms with van der Waals surface area (Å²) in [4.78, 5) is 0. The van der Waals surface area contributed by atoms with Crippen LogP contribution in [0.2, 0.25) is 0 Å². The molecule has 0 fully saturated rings. The van der Waals surface area contributed by atoms with Crippen molar-refractivity contribution in [2.45, 2.75) is 31.0 Å². The second-order valence-electron chi connectivity index (χ2n) is 4.29. The molecule has 1 N–H and O–H groups in total. The third kappa shape index (κ3) is 6.31. The Bertz CT molecular complexity index is 365. The fourth-order valence-electron chi connectivity index (χ4n) is 1.48. The van der Waals surface area contributed by atoms with Gasteiger partial charge in [0.05, 0.1) is 6.54 Å². The second kappa shape index (κ2) is 7.04. The van der Waals surface area contributed by atoms with Crippen molar-refractivity contribution >= 4 is 11.8 Å². The van der Waals surface area contributed by atoms with Gasteiger partial charge in [0.1, 0.15) is 0 Å². The fraction of sp³-hybridized carbons (Fsp3) is 0.538. The van der Waals surface area contributed by atoms with Crippen molar-refractivity contribution in [2.75, 3.05) is 13.1 Å². The molecule has 0 saturated carbocycles. The number of halogens is 3. The van der Waals surface area contributed by atoms with Crippen LogP contribution in [-0.4, -0.2) is 24.5 Å². The first-order chi connectivity index (χ1) is 8.38. The molecule has 5 heteroatoms. The van der Waals surface area contributed by atoms with Crippen LogP contribution in [0, 0.1) is 6.92 Å². The highest BCUT2D eigenvalue weighted by atomic mass is 32.2. The van der Waals surface area contributed by atoms with Crippen molar-refractivity contribution in [2.24, 2.45) is 0 Å². The standard InChI is InChI=1S/C13H18F3NS/c1-10-5-3-4-6-12(10)8-18-11(2)7-17-9-13(14,15)16/h3-6,11,17H,7-9H2,1-2H3. The first-order valence-corrected chi connectivity index (χ1v) is 6.87. The summed E-state index contributed by atoms with van der Waals surface area (Å²) in [6.07, 6.45) is -4.12. The first kappa shape index (κ1) is 15.4. The lowest BCUT2D eigenvalue weighted by atomic mass is 10.1. The van der Waals surface area contributed by atoms with Gasteiger partial charge in [-0.05, 0) is 18.1 Å². The van der Waals surface area contributed by atoms with Crippen LogP contribution in [0.15, 0.2) is 24.3 Å². The molecule has 102 valence electrons. The molecule has 0 aromatic heterocycles. The quantitative estimate of drug-likeness (QED) is 0.849. The minimum atomic E-state index is -4.12. The summed E-state index contributed by atoms with van der Waals surface area (Å²) < 4.78 is 35.8. The molecular formula is C13H18F3NS. The number of nitrogens with one attached hydrogen (secondary N) is 1. The Hall–Kier alpha value is -0.680. The Morgan fingerprint density at radius 3 is 2.56 bits per heavy atom. The van der Waals surface area contributed by atoms with E-state index >= 15 is 0 Å². The van der Waals surface area contributed by atoms with E-state index in [2.05, 4.69) is 11.4 Å². The highest BCUT2D eigenvalue weighted by Gasteiger charge is 2.26. The molecule has 0 amide bonds. The Morgan fingerprint density at radius 1 is 1.28 bits per heavy atom. The van der Waals surface area contributed by atoms with Crippen molar-refractivity contribution in [3.05, 3.63) is 35.4 Å². The lowest BCUT2D eigenvalue weighted by Gasteiger charge is -2.14. The maximum Gasteiger partial charge on any atom is 0.401 e. The van der Waals surface area contributed by atoms with Crippen LogP contribution < -0.4 is 5.32 Å². The van der Waals surface area contributed by atoms with Gasteiger partial charge in [-0.15, -0.1) is 0 Å². The van der Waals surface area contributed by atoms with Crippen molar-refractivity contribution in [3.8, 4) is 0 Å². The molecule has 1 unspecified atom stereocenters. The minimum absolute atomic E-state index is 0.159. The Kier molecular flexibility index (Phi) is 6.02. The van der Waals surface area contributed by atoms with Crippen LogP contribution in [-0.2, 0) is 5.75 Å². The summed E-state index contributed by atoms with van der Waals surface area (Å²) in [7, 11) is 0. The molecule has 0 aliphatic heterocycles. The molecule has 1 aromatic rings. The van der Waals surface area contributed by atoms with Crippen molar-refractivity contribution in [1.29, 1.82) is 0 Å². The number of alkyl halides is 3. The zero-order chi connectivity index (χ0) is 13.6. The average Bonchev–Trinajstić information content (AvgIpc) is 2.26. The normalized spacial score (nSPS) is 13.6. The SMILES string of the molecule is Cc1ccccc1CSC(C)CNCC(F)(F)F. The van der Waals surface area contributed by atoms with E-state index in [0.717, 1.165) is 5.75 Å². The Balaban J connectivity index is 2.25. The number of hydrogen-bond acceptors (Lipinski definition) is 2. The van der Waals surface area contributed by atoms with Crippen LogP contribution in [0.4, 0.5) is 13.2 Å². The van der Waals surface area contributed by atoms with E-state index in [1.165, 1.54) is 11.1 Å². The molecule has 0 radical (unpaired) electrons. The van der Waals surface area contributed by atoms with E-state index in [1.54, 1.807) is 11.8 Å². The lowest BCUT2D eigenvalue weighted by Crippen LogP contribution is -2.32. The van der Waals surface area contributed by atoms with Gasteiger partial charge in [-0.2, -0.15) is 24.9 Å². The zero-order valence-electron chi connectivity index (χ0n) is 10.6. The highest BCUT2D eigenvalue weighted by Crippen LogP contribution is 2.20. The van der Waals surface area contributed by atoms with Crippen molar-refractivity contribution in [3.63, 3.8) is 0 Å². The van der Waals surface area contributed by atoms with E-state index in [0.29, 0.717) is 6.54 Å². The molecule has 18 heavy (non-hydrogen) atoms. The monoisotopic (exact) mass is 277 g/mol. The van der Waals surface area contributed by atoms with Gasteiger partial charge in [0, 0.05) is 17.5 Å². The molecule has 1 rings (SSSR count). The van der Waals surface area contributed by atoms with Gasteiger partial charge in [0.25, 0.3) is 0 Å². The number of thioether (sulfide) groups is 1. The summed E-state index contributed by atoms with van der Waals surface area (Å²) in [5.74, 6) is 0.835. The van der Waals surface area contributed by atoms with Crippen LogP contribution >= 0.6 is 11.8 Å². The molecule has 0 heterocycles.